The highest BCUT2D eigenvalue weighted by Crippen LogP contribution is 2.29. The Labute approximate surface area is 181 Å². The molecule has 0 aromatic heterocycles. The molecule has 0 radical (unpaired) electrons. The molecule has 2 saturated heterocycles. The molecule has 10 nitrogen and oxygen atoms in total. The van der Waals surface area contributed by atoms with Crippen LogP contribution in [0.5, 0.6) is 0 Å². The number of rotatable bonds is 6. The first-order valence-electron chi connectivity index (χ1n) is 10.3. The summed E-state index contributed by atoms with van der Waals surface area (Å²) in [6.07, 6.45) is 2.17. The summed E-state index contributed by atoms with van der Waals surface area (Å²) in [4.78, 5) is 39.8. The van der Waals surface area contributed by atoms with E-state index in [1.54, 1.807) is 17.9 Å². The molecule has 11 heteroatoms. The Morgan fingerprint density at radius 1 is 1.19 bits per heavy atom. The molecule has 3 rings (SSSR count). The van der Waals surface area contributed by atoms with E-state index in [4.69, 9.17) is 5.73 Å². The first-order valence-corrected chi connectivity index (χ1v) is 11.8. The summed E-state index contributed by atoms with van der Waals surface area (Å²) in [5.74, 6) is -1.93. The Bertz CT molecular complexity index is 972. The number of anilines is 1. The molecule has 0 unspecified atom stereocenters. The van der Waals surface area contributed by atoms with Crippen LogP contribution in [0.3, 0.4) is 0 Å². The van der Waals surface area contributed by atoms with Crippen LogP contribution in [-0.4, -0.2) is 67.9 Å². The Kier molecular flexibility index (Phi) is 6.97. The monoisotopic (exact) mass is 452 g/mol. The molecule has 4 N–H and O–H groups in total. The molecule has 1 atom stereocenters. The van der Waals surface area contributed by atoms with Crippen molar-refractivity contribution in [3.05, 3.63) is 23.8 Å². The lowest BCUT2D eigenvalue weighted by atomic mass is 10.1. The number of carbonyl (C=O) groups excluding carboxylic acids is 3. The van der Waals surface area contributed by atoms with Crippen molar-refractivity contribution in [3.8, 4) is 0 Å². The van der Waals surface area contributed by atoms with Gasteiger partial charge in [0.05, 0.1) is 11.0 Å². The zero-order valence-corrected chi connectivity index (χ0v) is 18.2. The summed E-state index contributed by atoms with van der Waals surface area (Å²) in [6, 6.07) is 2.79. The van der Waals surface area contributed by atoms with Crippen LogP contribution < -0.4 is 15.4 Å². The van der Waals surface area contributed by atoms with Crippen molar-refractivity contribution in [1.82, 2.24) is 9.62 Å². The summed E-state index contributed by atoms with van der Waals surface area (Å²) in [5, 5.41) is 9.61. The van der Waals surface area contributed by atoms with Gasteiger partial charge in [-0.2, -0.15) is 4.72 Å². The van der Waals surface area contributed by atoms with Gasteiger partial charge >= 0.3 is 0 Å². The first-order chi connectivity index (χ1) is 14.6. The second-order valence-electron chi connectivity index (χ2n) is 7.92. The van der Waals surface area contributed by atoms with Crippen LogP contribution >= 0.6 is 0 Å². The van der Waals surface area contributed by atoms with E-state index in [1.165, 1.54) is 17.0 Å². The lowest BCUT2D eigenvalue weighted by Crippen LogP contribution is -2.56. The van der Waals surface area contributed by atoms with Crippen molar-refractivity contribution in [3.63, 3.8) is 0 Å². The molecule has 2 aliphatic heterocycles. The number of hydrogen-bond donors (Lipinski definition) is 3. The summed E-state index contributed by atoms with van der Waals surface area (Å²) in [7, 11) is -4.29. The predicted octanol–water partition coefficient (Wildman–Crippen LogP) is -0.373. The minimum absolute atomic E-state index is 0.0747. The highest BCUT2D eigenvalue weighted by atomic mass is 32.2. The lowest BCUT2D eigenvalue weighted by molar-refractivity contribution is -0.139. The van der Waals surface area contributed by atoms with Crippen molar-refractivity contribution < 1.29 is 27.9 Å². The smallest absolute Gasteiger partial charge is 0.250 e. The minimum atomic E-state index is -4.29. The third-order valence-electron chi connectivity index (χ3n) is 5.74. The second kappa shape index (κ2) is 9.33. The van der Waals surface area contributed by atoms with E-state index in [2.05, 4.69) is 4.72 Å². The SMILES string of the molecule is Cc1c(N2CCCCC2=O)cccc1S(=O)(=O)N[C@@H](C(N)=O)C(=O)N1CCC(O)CC1. The number of hydrogen-bond acceptors (Lipinski definition) is 6. The van der Waals surface area contributed by atoms with E-state index in [0.717, 1.165) is 12.8 Å². The average molecular weight is 453 g/mol. The Balaban J connectivity index is 1.86. The lowest BCUT2D eigenvalue weighted by Gasteiger charge is -2.32. The maximum atomic E-state index is 13.1. The minimum Gasteiger partial charge on any atom is -0.393 e. The number of sulfonamides is 1. The molecule has 31 heavy (non-hydrogen) atoms. The first kappa shape index (κ1) is 23.2. The summed E-state index contributed by atoms with van der Waals surface area (Å²) in [5.41, 5.74) is 6.18. The molecule has 1 aromatic carbocycles. The molecule has 1 aromatic rings. The fourth-order valence-electron chi connectivity index (χ4n) is 3.96. The third-order valence-corrected chi connectivity index (χ3v) is 7.31. The van der Waals surface area contributed by atoms with Gasteiger partial charge in [-0.3, -0.25) is 14.4 Å². The van der Waals surface area contributed by atoms with Gasteiger partial charge < -0.3 is 20.6 Å². The van der Waals surface area contributed by atoms with Crippen molar-refractivity contribution in [2.75, 3.05) is 24.5 Å². The molecule has 2 fully saturated rings. The summed E-state index contributed by atoms with van der Waals surface area (Å²) >= 11 is 0. The quantitative estimate of drug-likeness (QED) is 0.501. The van der Waals surface area contributed by atoms with E-state index in [9.17, 15) is 27.9 Å². The van der Waals surface area contributed by atoms with Crippen LogP contribution in [-0.2, 0) is 24.4 Å². The maximum absolute atomic E-state index is 13.1. The largest absolute Gasteiger partial charge is 0.393 e. The molecule has 2 aliphatic rings. The van der Waals surface area contributed by atoms with Gasteiger partial charge in [-0.05, 0) is 50.3 Å². The zero-order valence-electron chi connectivity index (χ0n) is 17.4. The molecule has 0 spiro atoms. The highest BCUT2D eigenvalue weighted by molar-refractivity contribution is 7.89. The number of aliphatic hydroxyl groups excluding tert-OH is 1. The molecule has 0 bridgehead atoms. The summed E-state index contributed by atoms with van der Waals surface area (Å²) < 4.78 is 28.3. The number of likely N-dealkylation sites (tertiary alicyclic amines) is 1. The normalized spacial score (nSPS) is 19.4. The number of benzene rings is 1. The molecule has 3 amide bonds. The van der Waals surface area contributed by atoms with Crippen molar-refractivity contribution in [2.24, 2.45) is 5.73 Å². The van der Waals surface area contributed by atoms with Crippen LogP contribution in [0.15, 0.2) is 23.1 Å². The number of primary amides is 1. The van der Waals surface area contributed by atoms with Gasteiger partial charge in [-0.15, -0.1) is 0 Å². The van der Waals surface area contributed by atoms with Crippen LogP contribution in [0.25, 0.3) is 0 Å². The molecular weight excluding hydrogens is 424 g/mol. The van der Waals surface area contributed by atoms with Crippen molar-refractivity contribution >= 4 is 33.4 Å². The standard InChI is InChI=1S/C20H28N4O6S/c1-13-15(24-10-3-2-7-17(24)26)5-4-6-16(13)31(29,30)22-18(19(21)27)20(28)23-11-8-14(25)9-12-23/h4-6,14,18,22,25H,2-3,7-12H2,1H3,(H2,21,27)/t18-/m0/s1. The summed E-state index contributed by atoms with van der Waals surface area (Å²) in [6.45, 7) is 2.49. The zero-order chi connectivity index (χ0) is 22.8. The molecule has 170 valence electrons. The number of carbonyl (C=O) groups is 3. The fraction of sp³-hybridized carbons (Fsp3) is 0.550. The maximum Gasteiger partial charge on any atom is 0.250 e. The van der Waals surface area contributed by atoms with Crippen LogP contribution in [0, 0.1) is 6.92 Å². The Hall–Kier alpha value is -2.50. The van der Waals surface area contributed by atoms with Crippen molar-refractivity contribution in [1.29, 1.82) is 0 Å². The van der Waals surface area contributed by atoms with Crippen LogP contribution in [0.1, 0.15) is 37.7 Å². The molecule has 2 heterocycles. The van der Waals surface area contributed by atoms with Gasteiger partial charge in [0, 0.05) is 31.7 Å². The van der Waals surface area contributed by atoms with E-state index >= 15 is 0 Å². The van der Waals surface area contributed by atoms with Gasteiger partial charge in [0.15, 0.2) is 6.04 Å². The predicted molar refractivity (Wildman–Crippen MR) is 113 cm³/mol. The fourth-order valence-corrected chi connectivity index (χ4v) is 5.38. The number of amides is 3. The third kappa shape index (κ3) is 5.05. The van der Waals surface area contributed by atoms with Gasteiger partial charge in [0.1, 0.15) is 0 Å². The number of nitrogens with zero attached hydrogens (tertiary/aromatic N) is 2. The second-order valence-corrected chi connectivity index (χ2v) is 9.60. The molecular formula is C20H28N4O6S. The van der Waals surface area contributed by atoms with E-state index < -0.39 is 34.0 Å². The number of aliphatic hydroxyl groups is 1. The molecule has 0 saturated carbocycles. The van der Waals surface area contributed by atoms with E-state index in [1.807, 2.05) is 0 Å². The number of piperidine rings is 2. The van der Waals surface area contributed by atoms with Gasteiger partial charge in [0.25, 0.3) is 0 Å². The Morgan fingerprint density at radius 3 is 2.48 bits per heavy atom. The van der Waals surface area contributed by atoms with Gasteiger partial charge in [-0.1, -0.05) is 6.07 Å². The van der Waals surface area contributed by atoms with Gasteiger partial charge in [0.2, 0.25) is 27.7 Å². The number of nitrogens with one attached hydrogen (secondary N) is 1. The number of nitrogens with two attached hydrogens (primary N) is 1. The van der Waals surface area contributed by atoms with Crippen LogP contribution in [0.2, 0.25) is 0 Å². The van der Waals surface area contributed by atoms with E-state index in [0.29, 0.717) is 37.1 Å². The highest BCUT2D eigenvalue weighted by Gasteiger charge is 2.36. The van der Waals surface area contributed by atoms with Gasteiger partial charge in [-0.25, -0.2) is 8.42 Å². The van der Waals surface area contributed by atoms with E-state index in [-0.39, 0.29) is 23.9 Å². The molecule has 0 aliphatic carbocycles. The topological polar surface area (TPSA) is 150 Å². The average Bonchev–Trinajstić information content (AvgIpc) is 2.72. The Morgan fingerprint density at radius 2 is 1.87 bits per heavy atom. The van der Waals surface area contributed by atoms with Crippen molar-refractivity contribution in [2.45, 2.75) is 56.1 Å². The van der Waals surface area contributed by atoms with Crippen LogP contribution in [0.4, 0.5) is 5.69 Å².